The van der Waals surface area contributed by atoms with Gasteiger partial charge in [0.1, 0.15) is 6.54 Å². The number of thiophene rings is 1. The van der Waals surface area contributed by atoms with Crippen LogP contribution in [0, 0.1) is 13.8 Å². The third-order valence-electron chi connectivity index (χ3n) is 3.64. The number of carbonyl (C=O) groups is 1. The lowest BCUT2D eigenvalue weighted by atomic mass is 10.1. The van der Waals surface area contributed by atoms with Crippen LogP contribution in [0.4, 0.5) is 5.69 Å². The Labute approximate surface area is 128 Å². The van der Waals surface area contributed by atoms with E-state index in [2.05, 4.69) is 36.3 Å². The molecule has 2 heterocycles. The van der Waals surface area contributed by atoms with Crippen molar-refractivity contribution in [3.8, 4) is 0 Å². The van der Waals surface area contributed by atoms with Gasteiger partial charge in [-0.05, 0) is 48.6 Å². The lowest BCUT2D eigenvalue weighted by Crippen LogP contribution is -2.72. The molecule has 0 bridgehead atoms. The molecular weight excluding hydrogens is 282 g/mol. The number of anilines is 1. The molecular formula is C16H18N3OS+. The lowest BCUT2D eigenvalue weighted by Gasteiger charge is -2.12. The standard InChI is InChI=1S/C16H17N3OS/c1-11-5-6-13(8-12(11)2)18-16-17-9-15(20)19(16)10-14-4-3-7-21-14/h3-8H,9-10H2,1-2H3,(H,17,18)/p+1. The van der Waals surface area contributed by atoms with Crippen LogP contribution in [0.2, 0.25) is 0 Å². The molecule has 0 saturated heterocycles. The first kappa shape index (κ1) is 13.8. The minimum Gasteiger partial charge on any atom is -0.266 e. The van der Waals surface area contributed by atoms with Crippen LogP contribution < -0.4 is 10.3 Å². The Morgan fingerprint density at radius 3 is 2.86 bits per heavy atom. The molecule has 108 valence electrons. The summed E-state index contributed by atoms with van der Waals surface area (Å²) in [5.74, 6) is 0.853. The van der Waals surface area contributed by atoms with E-state index in [0.717, 1.165) is 11.6 Å². The van der Waals surface area contributed by atoms with Crippen LogP contribution in [-0.2, 0) is 11.3 Å². The van der Waals surface area contributed by atoms with Crippen molar-refractivity contribution >= 4 is 28.9 Å². The van der Waals surface area contributed by atoms with Crippen LogP contribution in [0.1, 0.15) is 16.0 Å². The topological polar surface area (TPSA) is 46.3 Å². The van der Waals surface area contributed by atoms with Crippen LogP contribution in [0.15, 0.2) is 35.7 Å². The van der Waals surface area contributed by atoms with E-state index < -0.39 is 0 Å². The fourth-order valence-electron chi connectivity index (χ4n) is 2.27. The highest BCUT2D eigenvalue weighted by Crippen LogP contribution is 2.16. The first-order chi connectivity index (χ1) is 10.1. The number of amides is 1. The van der Waals surface area contributed by atoms with Gasteiger partial charge >= 0.3 is 11.9 Å². The Morgan fingerprint density at radius 2 is 2.14 bits per heavy atom. The van der Waals surface area contributed by atoms with Crippen LogP contribution in [0.3, 0.4) is 0 Å². The molecule has 1 aromatic carbocycles. The van der Waals surface area contributed by atoms with E-state index in [4.69, 9.17) is 0 Å². The van der Waals surface area contributed by atoms with Gasteiger partial charge in [-0.25, -0.2) is 5.32 Å². The number of aryl methyl sites for hydroxylation is 2. The fraction of sp³-hybridized carbons (Fsp3) is 0.250. The summed E-state index contributed by atoms with van der Waals surface area (Å²) >= 11 is 1.66. The van der Waals surface area contributed by atoms with Gasteiger partial charge in [0.15, 0.2) is 6.54 Å². The van der Waals surface area contributed by atoms with Gasteiger partial charge in [0, 0.05) is 4.88 Å². The highest BCUT2D eigenvalue weighted by molar-refractivity contribution is 7.09. The molecule has 2 N–H and O–H groups in total. The smallest absolute Gasteiger partial charge is 0.266 e. The van der Waals surface area contributed by atoms with Crippen molar-refractivity contribution in [1.82, 2.24) is 4.90 Å². The van der Waals surface area contributed by atoms with Crippen LogP contribution in [0.5, 0.6) is 0 Å². The van der Waals surface area contributed by atoms with Gasteiger partial charge in [0.2, 0.25) is 0 Å². The Balaban J connectivity index is 1.77. The van der Waals surface area contributed by atoms with Gasteiger partial charge < -0.3 is 0 Å². The second-order valence-corrected chi connectivity index (χ2v) is 6.22. The second kappa shape index (κ2) is 5.69. The average Bonchev–Trinajstić information content (AvgIpc) is 3.08. The molecule has 3 rings (SSSR count). The molecule has 2 aromatic rings. The van der Waals surface area contributed by atoms with Crippen molar-refractivity contribution < 1.29 is 9.79 Å². The molecule has 0 spiro atoms. The molecule has 0 saturated carbocycles. The summed E-state index contributed by atoms with van der Waals surface area (Å²) in [5, 5.41) is 5.34. The average molecular weight is 300 g/mol. The predicted octanol–water partition coefficient (Wildman–Crippen LogP) is 1.26. The van der Waals surface area contributed by atoms with E-state index in [1.54, 1.807) is 16.2 Å². The molecule has 0 radical (unpaired) electrons. The Kier molecular flexibility index (Phi) is 3.75. The van der Waals surface area contributed by atoms with E-state index in [1.807, 2.05) is 23.6 Å². The first-order valence-electron chi connectivity index (χ1n) is 6.91. The third-order valence-corrected chi connectivity index (χ3v) is 4.50. The molecule has 1 amide bonds. The molecule has 0 fully saturated rings. The van der Waals surface area contributed by atoms with Gasteiger partial charge in [-0.15, -0.1) is 11.3 Å². The van der Waals surface area contributed by atoms with Crippen LogP contribution >= 0.6 is 11.3 Å². The lowest BCUT2D eigenvalue weighted by molar-refractivity contribution is -0.438. The highest BCUT2D eigenvalue weighted by atomic mass is 32.1. The van der Waals surface area contributed by atoms with Crippen molar-refractivity contribution in [1.29, 1.82) is 0 Å². The molecule has 1 aromatic heterocycles. The highest BCUT2D eigenvalue weighted by Gasteiger charge is 2.33. The Bertz CT molecular complexity index is 692. The number of carbonyl (C=O) groups excluding carboxylic acids is 1. The van der Waals surface area contributed by atoms with Crippen molar-refractivity contribution in [2.24, 2.45) is 0 Å². The van der Waals surface area contributed by atoms with Crippen molar-refractivity contribution in [3.05, 3.63) is 51.7 Å². The molecule has 1 aliphatic rings. The summed E-state index contributed by atoms with van der Waals surface area (Å²) in [6, 6.07) is 10.3. The summed E-state index contributed by atoms with van der Waals surface area (Å²) in [6.07, 6.45) is 0. The van der Waals surface area contributed by atoms with E-state index in [1.165, 1.54) is 16.0 Å². The summed E-state index contributed by atoms with van der Waals surface area (Å²) in [6.45, 7) is 5.13. The molecule has 21 heavy (non-hydrogen) atoms. The van der Waals surface area contributed by atoms with Gasteiger partial charge in [-0.1, -0.05) is 12.1 Å². The zero-order chi connectivity index (χ0) is 14.8. The minimum absolute atomic E-state index is 0.0923. The zero-order valence-corrected chi connectivity index (χ0v) is 13.0. The number of nitrogens with one attached hydrogen (secondary N) is 2. The third kappa shape index (κ3) is 2.97. The first-order valence-corrected chi connectivity index (χ1v) is 7.79. The summed E-state index contributed by atoms with van der Waals surface area (Å²) in [7, 11) is 0. The Hall–Kier alpha value is -2.14. The minimum atomic E-state index is 0.0923. The number of hydrogen-bond acceptors (Lipinski definition) is 3. The molecule has 0 atom stereocenters. The fourth-order valence-corrected chi connectivity index (χ4v) is 2.96. The maximum atomic E-state index is 12.0. The predicted molar refractivity (Wildman–Crippen MR) is 85.2 cm³/mol. The quantitative estimate of drug-likeness (QED) is 0.896. The van der Waals surface area contributed by atoms with E-state index >= 15 is 0 Å². The second-order valence-electron chi connectivity index (χ2n) is 5.19. The van der Waals surface area contributed by atoms with Gasteiger partial charge in [-0.2, -0.15) is 4.90 Å². The van der Waals surface area contributed by atoms with E-state index in [0.29, 0.717) is 13.1 Å². The van der Waals surface area contributed by atoms with Crippen molar-refractivity contribution in [2.75, 3.05) is 11.9 Å². The van der Waals surface area contributed by atoms with E-state index in [-0.39, 0.29) is 5.91 Å². The maximum Gasteiger partial charge on any atom is 0.358 e. The van der Waals surface area contributed by atoms with Gasteiger partial charge in [0.05, 0.1) is 5.69 Å². The number of guanidine groups is 1. The molecule has 5 heteroatoms. The van der Waals surface area contributed by atoms with Gasteiger partial charge in [0.25, 0.3) is 0 Å². The largest absolute Gasteiger partial charge is 0.358 e. The normalized spacial score (nSPS) is 14.5. The number of benzene rings is 1. The monoisotopic (exact) mass is 300 g/mol. The summed E-state index contributed by atoms with van der Waals surface area (Å²) in [5.41, 5.74) is 3.48. The number of nitrogens with zero attached hydrogens (tertiary/aromatic N) is 1. The summed E-state index contributed by atoms with van der Waals surface area (Å²) in [4.78, 5) is 18.1. The van der Waals surface area contributed by atoms with E-state index in [9.17, 15) is 4.79 Å². The molecule has 0 aliphatic carbocycles. The SMILES string of the molecule is Cc1ccc(NC2=[NH+]CC(=O)N2Cc2cccs2)cc1C. The van der Waals surface area contributed by atoms with Crippen LogP contribution in [0.25, 0.3) is 0 Å². The maximum absolute atomic E-state index is 12.0. The van der Waals surface area contributed by atoms with Gasteiger partial charge in [-0.3, -0.25) is 9.79 Å². The van der Waals surface area contributed by atoms with Crippen molar-refractivity contribution in [2.45, 2.75) is 20.4 Å². The summed E-state index contributed by atoms with van der Waals surface area (Å²) < 4.78 is 0. The van der Waals surface area contributed by atoms with Crippen molar-refractivity contribution in [3.63, 3.8) is 0 Å². The number of rotatable bonds is 3. The van der Waals surface area contributed by atoms with Crippen LogP contribution in [-0.4, -0.2) is 23.3 Å². The molecule has 1 aliphatic heterocycles. The molecule has 0 unspecified atom stereocenters. The number of hydrogen-bond donors (Lipinski definition) is 2. The Morgan fingerprint density at radius 1 is 1.29 bits per heavy atom. The zero-order valence-electron chi connectivity index (χ0n) is 12.1. The molecule has 4 nitrogen and oxygen atoms in total.